The molecule has 14 heavy (non-hydrogen) atoms. The lowest BCUT2D eigenvalue weighted by atomic mass is 10.3. The number of nitrogens with zero attached hydrogens (tertiary/aromatic N) is 1. The van der Waals surface area contributed by atoms with Crippen LogP contribution in [0, 0.1) is 0 Å². The maximum atomic E-state index is 3.41. The zero-order chi connectivity index (χ0) is 9.64. The number of rotatable bonds is 2. The van der Waals surface area contributed by atoms with Crippen LogP contribution in [-0.4, -0.2) is 28.3 Å². The van der Waals surface area contributed by atoms with Crippen molar-refractivity contribution < 1.29 is 0 Å². The van der Waals surface area contributed by atoms with Crippen molar-refractivity contribution in [3.63, 3.8) is 0 Å². The van der Waals surface area contributed by atoms with Crippen molar-refractivity contribution in [2.24, 2.45) is 0 Å². The van der Waals surface area contributed by atoms with Gasteiger partial charge in [0.2, 0.25) is 0 Å². The summed E-state index contributed by atoms with van der Waals surface area (Å²) in [5, 5.41) is 2.26. The molecule has 2 nitrogen and oxygen atoms in total. The quantitative estimate of drug-likeness (QED) is 0.833. The van der Waals surface area contributed by atoms with Gasteiger partial charge in [-0.3, -0.25) is 0 Å². The fourth-order valence-corrected chi connectivity index (χ4v) is 3.33. The van der Waals surface area contributed by atoms with Crippen LogP contribution in [0.5, 0.6) is 0 Å². The van der Waals surface area contributed by atoms with Gasteiger partial charge in [-0.1, -0.05) is 18.2 Å². The molecule has 0 spiro atoms. The lowest BCUT2D eigenvalue weighted by Crippen LogP contribution is -2.28. The highest BCUT2D eigenvalue weighted by Crippen LogP contribution is 2.18. The maximum absolute atomic E-state index is 3.41. The van der Waals surface area contributed by atoms with Gasteiger partial charge >= 0.3 is 0 Å². The minimum atomic E-state index is 1.07. The standard InChI is InChI=1S/C10H14N2S2/c1-2-4-10(5-3-1)11-12-8-13-6-7-14-9-12/h1-5,11H,6-9H2. The normalized spacial score (nSPS) is 18.9. The molecule has 0 amide bonds. The number of benzene rings is 1. The van der Waals surface area contributed by atoms with E-state index in [1.54, 1.807) is 0 Å². The topological polar surface area (TPSA) is 15.3 Å². The third-order valence-corrected chi connectivity index (χ3v) is 4.16. The molecule has 1 aliphatic heterocycles. The smallest absolute Gasteiger partial charge is 0.0644 e. The highest BCUT2D eigenvalue weighted by molar-refractivity contribution is 8.03. The highest BCUT2D eigenvalue weighted by Gasteiger charge is 2.08. The van der Waals surface area contributed by atoms with E-state index in [1.807, 2.05) is 29.6 Å². The van der Waals surface area contributed by atoms with Gasteiger partial charge in [-0.05, 0) is 12.1 Å². The summed E-state index contributed by atoms with van der Waals surface area (Å²) in [6.45, 7) is 0. The summed E-state index contributed by atoms with van der Waals surface area (Å²) >= 11 is 3.97. The van der Waals surface area contributed by atoms with Crippen LogP contribution in [0.15, 0.2) is 30.3 Å². The molecule has 1 N–H and O–H groups in total. The summed E-state index contributed by atoms with van der Waals surface area (Å²) in [6.07, 6.45) is 0. The molecule has 0 aromatic heterocycles. The van der Waals surface area contributed by atoms with E-state index in [0.717, 1.165) is 11.8 Å². The second kappa shape index (κ2) is 5.53. The minimum Gasteiger partial charge on any atom is -0.317 e. The summed E-state index contributed by atoms with van der Waals surface area (Å²) in [6, 6.07) is 10.3. The largest absolute Gasteiger partial charge is 0.317 e. The van der Waals surface area contributed by atoms with Gasteiger partial charge in [-0.25, -0.2) is 5.01 Å². The Morgan fingerprint density at radius 1 is 1.00 bits per heavy atom. The molecule has 76 valence electrons. The Morgan fingerprint density at radius 2 is 1.64 bits per heavy atom. The van der Waals surface area contributed by atoms with Gasteiger partial charge < -0.3 is 5.43 Å². The zero-order valence-corrected chi connectivity index (χ0v) is 9.61. The number of anilines is 1. The number of hydrogen-bond donors (Lipinski definition) is 1. The van der Waals surface area contributed by atoms with Crippen molar-refractivity contribution in [2.45, 2.75) is 0 Å². The number of nitrogens with one attached hydrogen (secondary N) is 1. The Bertz CT molecular complexity index is 258. The summed E-state index contributed by atoms with van der Waals surface area (Å²) in [4.78, 5) is 0. The molecule has 1 aromatic rings. The van der Waals surface area contributed by atoms with Crippen molar-refractivity contribution in [2.75, 3.05) is 28.7 Å². The first-order valence-electron chi connectivity index (χ1n) is 4.67. The maximum Gasteiger partial charge on any atom is 0.0644 e. The Morgan fingerprint density at radius 3 is 2.29 bits per heavy atom. The van der Waals surface area contributed by atoms with Gasteiger partial charge in [-0.2, -0.15) is 0 Å². The number of hydrogen-bond acceptors (Lipinski definition) is 4. The second-order valence-electron chi connectivity index (χ2n) is 3.09. The van der Waals surface area contributed by atoms with Crippen LogP contribution in [0.2, 0.25) is 0 Å². The van der Waals surface area contributed by atoms with Gasteiger partial charge in [-0.15, -0.1) is 23.5 Å². The van der Waals surface area contributed by atoms with Crippen LogP contribution in [0.3, 0.4) is 0 Å². The van der Waals surface area contributed by atoms with E-state index < -0.39 is 0 Å². The SMILES string of the molecule is c1ccc(NN2CSCCSC2)cc1. The minimum absolute atomic E-state index is 1.07. The van der Waals surface area contributed by atoms with E-state index in [0.29, 0.717) is 0 Å². The summed E-state index contributed by atoms with van der Waals surface area (Å²) in [5.74, 6) is 4.67. The number of para-hydroxylation sites is 1. The number of hydrazine groups is 1. The van der Waals surface area contributed by atoms with E-state index in [2.05, 4.69) is 34.7 Å². The Labute approximate surface area is 93.4 Å². The molecule has 1 aromatic carbocycles. The van der Waals surface area contributed by atoms with Gasteiger partial charge in [0.25, 0.3) is 0 Å². The third-order valence-electron chi connectivity index (χ3n) is 1.93. The van der Waals surface area contributed by atoms with Gasteiger partial charge in [0.1, 0.15) is 0 Å². The molecule has 0 bridgehead atoms. The van der Waals surface area contributed by atoms with Gasteiger partial charge in [0.15, 0.2) is 0 Å². The van der Waals surface area contributed by atoms with Crippen molar-refractivity contribution in [1.29, 1.82) is 0 Å². The molecule has 0 radical (unpaired) electrons. The Kier molecular flexibility index (Phi) is 4.03. The van der Waals surface area contributed by atoms with Crippen LogP contribution in [0.1, 0.15) is 0 Å². The molecule has 0 saturated carbocycles. The lowest BCUT2D eigenvalue weighted by molar-refractivity contribution is 0.459. The lowest BCUT2D eigenvalue weighted by Gasteiger charge is -2.20. The average Bonchev–Trinajstić information content (AvgIpc) is 2.48. The van der Waals surface area contributed by atoms with Crippen LogP contribution >= 0.6 is 23.5 Å². The van der Waals surface area contributed by atoms with Crippen LogP contribution in [0.25, 0.3) is 0 Å². The fourth-order valence-electron chi connectivity index (χ4n) is 1.26. The molecule has 1 heterocycles. The monoisotopic (exact) mass is 226 g/mol. The molecule has 1 aliphatic rings. The molecule has 2 rings (SSSR count). The van der Waals surface area contributed by atoms with Crippen LogP contribution < -0.4 is 5.43 Å². The highest BCUT2D eigenvalue weighted by atomic mass is 32.2. The number of thioether (sulfide) groups is 2. The van der Waals surface area contributed by atoms with E-state index >= 15 is 0 Å². The first-order valence-corrected chi connectivity index (χ1v) is 6.98. The molecular formula is C10H14N2S2. The van der Waals surface area contributed by atoms with E-state index in [-0.39, 0.29) is 0 Å². The molecule has 0 aliphatic carbocycles. The zero-order valence-electron chi connectivity index (χ0n) is 7.98. The average molecular weight is 226 g/mol. The van der Waals surface area contributed by atoms with E-state index in [4.69, 9.17) is 0 Å². The summed E-state index contributed by atoms with van der Waals surface area (Å²) in [5.41, 5.74) is 4.59. The van der Waals surface area contributed by atoms with Gasteiger partial charge in [0, 0.05) is 17.2 Å². The van der Waals surface area contributed by atoms with Gasteiger partial charge in [0.05, 0.1) is 11.8 Å². The van der Waals surface area contributed by atoms with E-state index in [1.165, 1.54) is 17.2 Å². The van der Waals surface area contributed by atoms with Crippen molar-refractivity contribution in [3.8, 4) is 0 Å². The molecule has 1 saturated heterocycles. The first-order chi connectivity index (χ1) is 6.95. The molecule has 1 fully saturated rings. The molecule has 4 heteroatoms. The second-order valence-corrected chi connectivity index (χ2v) is 5.24. The van der Waals surface area contributed by atoms with Crippen molar-refractivity contribution in [3.05, 3.63) is 30.3 Å². The molecule has 0 atom stereocenters. The van der Waals surface area contributed by atoms with E-state index in [9.17, 15) is 0 Å². The van der Waals surface area contributed by atoms with Crippen LogP contribution in [-0.2, 0) is 0 Å². The molecule has 0 unspecified atom stereocenters. The predicted molar refractivity (Wildman–Crippen MR) is 66.6 cm³/mol. The summed E-state index contributed by atoms with van der Waals surface area (Å²) < 4.78 is 0. The Balaban J connectivity index is 1.90. The fraction of sp³-hybridized carbons (Fsp3) is 0.400. The van der Waals surface area contributed by atoms with Crippen molar-refractivity contribution >= 4 is 29.2 Å². The summed E-state index contributed by atoms with van der Waals surface area (Å²) in [7, 11) is 0. The molecular weight excluding hydrogens is 212 g/mol. The third kappa shape index (κ3) is 3.12. The predicted octanol–water partition coefficient (Wildman–Crippen LogP) is 2.71. The van der Waals surface area contributed by atoms with Crippen molar-refractivity contribution in [1.82, 2.24) is 5.01 Å². The Hall–Kier alpha value is -0.320. The van der Waals surface area contributed by atoms with Crippen LogP contribution in [0.4, 0.5) is 5.69 Å². The first kappa shape index (κ1) is 10.2.